The highest BCUT2D eigenvalue weighted by atomic mass is 79.9. The maximum absolute atomic E-state index is 13.6. The normalized spacial score (nSPS) is 10.3. The Labute approximate surface area is 116 Å². The second kappa shape index (κ2) is 5.31. The highest BCUT2D eigenvalue weighted by Gasteiger charge is 2.16. The second-order valence-corrected chi connectivity index (χ2v) is 4.62. The van der Waals surface area contributed by atoms with Crippen LogP contribution in [0.15, 0.2) is 34.9 Å². The van der Waals surface area contributed by atoms with Gasteiger partial charge in [0.15, 0.2) is 5.82 Å². The molecular weight excluding hydrogens is 319 g/mol. The molecule has 0 radical (unpaired) electrons. The third-order valence-corrected chi connectivity index (χ3v) is 2.87. The topological polar surface area (TPSA) is 65.3 Å². The van der Waals surface area contributed by atoms with Crippen molar-refractivity contribution in [3.63, 3.8) is 0 Å². The molecule has 0 N–H and O–H groups in total. The van der Waals surface area contributed by atoms with E-state index in [1.54, 1.807) is 0 Å². The van der Waals surface area contributed by atoms with Gasteiger partial charge in [0.25, 0.3) is 11.6 Å². The first-order valence-electron chi connectivity index (χ1n) is 5.22. The Morgan fingerprint density at radius 3 is 2.84 bits per heavy atom. The quantitative estimate of drug-likeness (QED) is 0.631. The van der Waals surface area contributed by atoms with Crippen LogP contribution in [0.1, 0.15) is 5.56 Å². The Kier molecular flexibility index (Phi) is 3.75. The van der Waals surface area contributed by atoms with Crippen molar-refractivity contribution in [3.05, 3.63) is 56.4 Å². The molecule has 0 unspecified atom stereocenters. The van der Waals surface area contributed by atoms with E-state index in [0.29, 0.717) is 10.0 Å². The lowest BCUT2D eigenvalue weighted by atomic mass is 10.2. The van der Waals surface area contributed by atoms with Gasteiger partial charge in [-0.25, -0.2) is 9.37 Å². The van der Waals surface area contributed by atoms with Gasteiger partial charge in [-0.15, -0.1) is 0 Å². The number of rotatable bonds is 3. The smallest absolute Gasteiger partial charge is 0.276 e. The summed E-state index contributed by atoms with van der Waals surface area (Å²) in [5.74, 6) is -0.685. The first-order chi connectivity index (χ1) is 8.99. The van der Waals surface area contributed by atoms with E-state index in [1.807, 2.05) is 0 Å². The number of hydrogen-bond acceptors (Lipinski definition) is 4. The molecule has 1 heterocycles. The van der Waals surface area contributed by atoms with Crippen molar-refractivity contribution < 1.29 is 14.1 Å². The molecule has 2 aromatic rings. The Morgan fingerprint density at radius 2 is 2.21 bits per heavy atom. The van der Waals surface area contributed by atoms with Crippen molar-refractivity contribution in [2.75, 3.05) is 0 Å². The van der Waals surface area contributed by atoms with Gasteiger partial charge in [-0.05, 0) is 35.0 Å². The molecule has 0 fully saturated rings. The molecule has 0 atom stereocenters. The minimum atomic E-state index is -0.653. The van der Waals surface area contributed by atoms with Crippen LogP contribution in [0, 0.1) is 22.9 Å². The largest absolute Gasteiger partial charge is 0.436 e. The first-order valence-corrected chi connectivity index (χ1v) is 6.01. The van der Waals surface area contributed by atoms with Gasteiger partial charge >= 0.3 is 0 Å². The van der Waals surface area contributed by atoms with Gasteiger partial charge in [-0.3, -0.25) is 10.1 Å². The summed E-state index contributed by atoms with van der Waals surface area (Å²) >= 11 is 3.08. The lowest BCUT2D eigenvalue weighted by Gasteiger charge is -2.08. The molecule has 1 aromatic heterocycles. The summed E-state index contributed by atoms with van der Waals surface area (Å²) in [6.45, 7) is 1.53. The fourth-order valence-corrected chi connectivity index (χ4v) is 1.80. The molecule has 5 nitrogen and oxygen atoms in total. The highest BCUT2D eigenvalue weighted by Crippen LogP contribution is 2.31. The average molecular weight is 327 g/mol. The summed E-state index contributed by atoms with van der Waals surface area (Å²) in [6, 6.07) is 5.55. The molecule has 98 valence electrons. The molecule has 0 aliphatic heterocycles. The van der Waals surface area contributed by atoms with Crippen LogP contribution in [-0.4, -0.2) is 9.91 Å². The Bertz CT molecular complexity index is 649. The molecule has 0 saturated carbocycles. The van der Waals surface area contributed by atoms with E-state index in [-0.39, 0.29) is 17.3 Å². The summed E-state index contributed by atoms with van der Waals surface area (Å²) in [7, 11) is 0. The van der Waals surface area contributed by atoms with E-state index in [4.69, 9.17) is 4.74 Å². The van der Waals surface area contributed by atoms with E-state index in [9.17, 15) is 14.5 Å². The SMILES string of the molecule is Cc1c(Oc2ncc(Br)cc2F)cccc1[N+](=O)[O-]. The molecule has 0 aliphatic carbocycles. The van der Waals surface area contributed by atoms with E-state index in [2.05, 4.69) is 20.9 Å². The van der Waals surface area contributed by atoms with Gasteiger partial charge in [0.1, 0.15) is 5.75 Å². The maximum atomic E-state index is 13.6. The second-order valence-electron chi connectivity index (χ2n) is 3.70. The first kappa shape index (κ1) is 13.4. The zero-order valence-corrected chi connectivity index (χ0v) is 11.3. The van der Waals surface area contributed by atoms with Crippen LogP contribution < -0.4 is 4.74 Å². The van der Waals surface area contributed by atoms with Crippen molar-refractivity contribution in [1.29, 1.82) is 0 Å². The maximum Gasteiger partial charge on any atom is 0.276 e. The van der Waals surface area contributed by atoms with Crippen LogP contribution >= 0.6 is 15.9 Å². The van der Waals surface area contributed by atoms with Gasteiger partial charge in [0.2, 0.25) is 0 Å². The Balaban J connectivity index is 2.38. The van der Waals surface area contributed by atoms with Crippen LogP contribution in [-0.2, 0) is 0 Å². The van der Waals surface area contributed by atoms with Gasteiger partial charge in [0, 0.05) is 16.7 Å². The van der Waals surface area contributed by atoms with E-state index in [1.165, 1.54) is 37.4 Å². The summed E-state index contributed by atoms with van der Waals surface area (Å²) in [5.41, 5.74) is 0.228. The lowest BCUT2D eigenvalue weighted by Crippen LogP contribution is -1.97. The molecule has 0 amide bonds. The number of halogens is 2. The third kappa shape index (κ3) is 2.87. The molecule has 0 aliphatic rings. The molecule has 7 heteroatoms. The predicted molar refractivity (Wildman–Crippen MR) is 69.8 cm³/mol. The van der Waals surface area contributed by atoms with Crippen LogP contribution in [0.2, 0.25) is 0 Å². The highest BCUT2D eigenvalue weighted by molar-refractivity contribution is 9.10. The Hall–Kier alpha value is -2.02. The van der Waals surface area contributed by atoms with E-state index < -0.39 is 10.7 Å². The van der Waals surface area contributed by atoms with Gasteiger partial charge < -0.3 is 4.74 Å². The zero-order chi connectivity index (χ0) is 14.0. The standard InChI is InChI=1S/C12H8BrFN2O3/c1-7-10(16(17)18)3-2-4-11(7)19-12-9(14)5-8(13)6-15-12/h2-6H,1H3. The number of benzene rings is 1. The average Bonchev–Trinajstić information content (AvgIpc) is 2.34. The van der Waals surface area contributed by atoms with Gasteiger partial charge in [-0.2, -0.15) is 0 Å². The van der Waals surface area contributed by atoms with Gasteiger partial charge in [-0.1, -0.05) is 6.07 Å². The minimum absolute atomic E-state index is 0.0879. The monoisotopic (exact) mass is 326 g/mol. The Morgan fingerprint density at radius 1 is 1.47 bits per heavy atom. The lowest BCUT2D eigenvalue weighted by molar-refractivity contribution is -0.385. The van der Waals surface area contributed by atoms with Crippen LogP contribution in [0.3, 0.4) is 0 Å². The predicted octanol–water partition coefficient (Wildman–Crippen LogP) is 3.99. The summed E-state index contributed by atoms with van der Waals surface area (Å²) in [5, 5.41) is 10.8. The molecule has 1 aromatic carbocycles. The van der Waals surface area contributed by atoms with Crippen molar-refractivity contribution >= 4 is 21.6 Å². The van der Waals surface area contributed by atoms with Crippen LogP contribution in [0.25, 0.3) is 0 Å². The molecule has 19 heavy (non-hydrogen) atoms. The number of hydrogen-bond donors (Lipinski definition) is 0. The molecule has 0 bridgehead atoms. The van der Waals surface area contributed by atoms with Crippen LogP contribution in [0.4, 0.5) is 10.1 Å². The van der Waals surface area contributed by atoms with Crippen molar-refractivity contribution in [2.24, 2.45) is 0 Å². The van der Waals surface area contributed by atoms with Crippen molar-refractivity contribution in [2.45, 2.75) is 6.92 Å². The van der Waals surface area contributed by atoms with Crippen LogP contribution in [0.5, 0.6) is 11.6 Å². The third-order valence-electron chi connectivity index (χ3n) is 2.43. The molecule has 0 spiro atoms. The van der Waals surface area contributed by atoms with E-state index >= 15 is 0 Å². The molecule has 0 saturated heterocycles. The molecular formula is C12H8BrFN2O3. The fraction of sp³-hybridized carbons (Fsp3) is 0.0833. The number of nitro benzene ring substituents is 1. The molecule has 2 rings (SSSR count). The number of pyridine rings is 1. The summed E-state index contributed by atoms with van der Waals surface area (Å²) in [4.78, 5) is 14.0. The number of ether oxygens (including phenoxy) is 1. The minimum Gasteiger partial charge on any atom is -0.436 e. The summed E-state index contributed by atoms with van der Waals surface area (Å²) in [6.07, 6.45) is 1.38. The number of nitro groups is 1. The zero-order valence-electron chi connectivity index (χ0n) is 9.76. The fourth-order valence-electron chi connectivity index (χ4n) is 1.49. The summed E-state index contributed by atoms with van der Waals surface area (Å²) < 4.78 is 19.3. The van der Waals surface area contributed by atoms with Crippen molar-refractivity contribution in [3.8, 4) is 11.6 Å². The number of aromatic nitrogens is 1. The van der Waals surface area contributed by atoms with Crippen molar-refractivity contribution in [1.82, 2.24) is 4.98 Å². The van der Waals surface area contributed by atoms with Gasteiger partial charge in [0.05, 0.1) is 10.5 Å². The van der Waals surface area contributed by atoms with E-state index in [0.717, 1.165) is 0 Å². The number of nitrogens with zero attached hydrogens (tertiary/aromatic N) is 2.